The molecule has 0 aromatic heterocycles. The summed E-state index contributed by atoms with van der Waals surface area (Å²) in [4.78, 5) is 0. The molecule has 1 N–H and O–H groups in total. The molecule has 0 saturated heterocycles. The molecular weight excluding hydrogens is 267 g/mol. The molecule has 0 heterocycles. The Balaban J connectivity index is 2.46. The van der Waals surface area contributed by atoms with Crippen molar-refractivity contribution in [3.63, 3.8) is 0 Å². The summed E-state index contributed by atoms with van der Waals surface area (Å²) in [6.45, 7) is 3.40. The second kappa shape index (κ2) is 5.59. The summed E-state index contributed by atoms with van der Waals surface area (Å²) in [5, 5.41) is 10.2. The average Bonchev–Trinajstić information content (AvgIpc) is 2.35. The van der Waals surface area contributed by atoms with Crippen LogP contribution in [0.15, 0.2) is 36.4 Å². The highest BCUT2D eigenvalue weighted by Crippen LogP contribution is 2.34. The number of aliphatic hydroxyl groups excluding tert-OH is 1. The number of aliphatic hydroxyl groups is 1. The first-order chi connectivity index (χ1) is 8.99. The number of aryl methyl sites for hydroxylation is 1. The Hall–Kier alpha value is -1.58. The predicted molar refractivity (Wildman–Crippen MR) is 73.3 cm³/mol. The van der Waals surface area contributed by atoms with Crippen LogP contribution in [0.25, 0.3) is 0 Å². The maximum Gasteiger partial charge on any atom is 0.168 e. The topological polar surface area (TPSA) is 29.5 Å². The number of benzene rings is 2. The highest BCUT2D eigenvalue weighted by molar-refractivity contribution is 6.30. The van der Waals surface area contributed by atoms with Crippen LogP contribution in [0.5, 0.6) is 11.5 Å². The van der Waals surface area contributed by atoms with Gasteiger partial charge in [0, 0.05) is 10.6 Å². The minimum Gasteiger partial charge on any atom is -0.454 e. The van der Waals surface area contributed by atoms with E-state index in [1.54, 1.807) is 31.2 Å². The number of para-hydroxylation sites is 1. The van der Waals surface area contributed by atoms with E-state index in [4.69, 9.17) is 16.3 Å². The second-order valence-electron chi connectivity index (χ2n) is 4.35. The smallest absolute Gasteiger partial charge is 0.168 e. The second-order valence-corrected chi connectivity index (χ2v) is 4.78. The van der Waals surface area contributed by atoms with Crippen LogP contribution in [0.4, 0.5) is 4.39 Å². The Morgan fingerprint density at radius 1 is 1.26 bits per heavy atom. The normalized spacial score (nSPS) is 12.3. The van der Waals surface area contributed by atoms with Gasteiger partial charge in [-0.1, -0.05) is 29.8 Å². The summed E-state index contributed by atoms with van der Waals surface area (Å²) in [5.74, 6) is -0.0138. The van der Waals surface area contributed by atoms with Gasteiger partial charge in [0.15, 0.2) is 11.6 Å². The molecule has 0 saturated carbocycles. The molecule has 0 amide bonds. The van der Waals surface area contributed by atoms with Crippen LogP contribution in [0.2, 0.25) is 5.02 Å². The Bertz CT molecular complexity index is 597. The number of ether oxygens (including phenoxy) is 1. The van der Waals surface area contributed by atoms with E-state index >= 15 is 0 Å². The molecule has 100 valence electrons. The molecule has 0 aliphatic rings. The van der Waals surface area contributed by atoms with Crippen molar-refractivity contribution >= 4 is 11.6 Å². The summed E-state index contributed by atoms with van der Waals surface area (Å²) in [5.41, 5.74) is 1.24. The zero-order valence-electron chi connectivity index (χ0n) is 10.7. The third-order valence-corrected chi connectivity index (χ3v) is 3.04. The minimum atomic E-state index is -0.815. The van der Waals surface area contributed by atoms with E-state index in [1.165, 1.54) is 12.1 Å². The molecule has 0 aliphatic heterocycles. The lowest BCUT2D eigenvalue weighted by Gasteiger charge is -2.15. The van der Waals surface area contributed by atoms with Gasteiger partial charge in [0.25, 0.3) is 0 Å². The fraction of sp³-hybridized carbons (Fsp3) is 0.200. The third-order valence-electron chi connectivity index (χ3n) is 2.81. The molecule has 0 bridgehead atoms. The van der Waals surface area contributed by atoms with Crippen LogP contribution >= 0.6 is 11.6 Å². The van der Waals surface area contributed by atoms with Crippen molar-refractivity contribution in [1.29, 1.82) is 0 Å². The first-order valence-electron chi connectivity index (χ1n) is 5.89. The van der Waals surface area contributed by atoms with Gasteiger partial charge < -0.3 is 9.84 Å². The molecule has 1 atom stereocenters. The van der Waals surface area contributed by atoms with Crippen LogP contribution in [-0.4, -0.2) is 5.11 Å². The van der Waals surface area contributed by atoms with Crippen molar-refractivity contribution in [3.05, 3.63) is 58.4 Å². The van der Waals surface area contributed by atoms with Gasteiger partial charge in [-0.05, 0) is 37.6 Å². The van der Waals surface area contributed by atoms with Gasteiger partial charge in [0.05, 0.1) is 6.10 Å². The summed E-state index contributed by atoms with van der Waals surface area (Å²) >= 11 is 5.90. The van der Waals surface area contributed by atoms with Crippen molar-refractivity contribution in [2.24, 2.45) is 0 Å². The highest BCUT2D eigenvalue weighted by Gasteiger charge is 2.15. The van der Waals surface area contributed by atoms with E-state index in [9.17, 15) is 9.50 Å². The largest absolute Gasteiger partial charge is 0.454 e. The fourth-order valence-corrected chi connectivity index (χ4v) is 1.92. The standard InChI is InChI=1S/C15H14ClFO2/c1-9-6-7-11(16)8-14(9)19-15-12(10(2)18)4-3-5-13(15)17/h3-8,10,18H,1-2H3/t10-/m0/s1. The van der Waals surface area contributed by atoms with E-state index in [-0.39, 0.29) is 5.75 Å². The van der Waals surface area contributed by atoms with Gasteiger partial charge in [-0.3, -0.25) is 0 Å². The molecule has 0 aliphatic carbocycles. The lowest BCUT2D eigenvalue weighted by atomic mass is 10.1. The van der Waals surface area contributed by atoms with Gasteiger partial charge in [-0.25, -0.2) is 4.39 Å². The maximum absolute atomic E-state index is 13.9. The number of hydrogen-bond acceptors (Lipinski definition) is 2. The first-order valence-corrected chi connectivity index (χ1v) is 6.27. The van der Waals surface area contributed by atoms with Crippen LogP contribution < -0.4 is 4.74 Å². The Kier molecular flexibility index (Phi) is 4.08. The van der Waals surface area contributed by atoms with Gasteiger partial charge >= 0.3 is 0 Å². The van der Waals surface area contributed by atoms with Crippen LogP contribution in [0.3, 0.4) is 0 Å². The van der Waals surface area contributed by atoms with E-state index in [0.717, 1.165) is 5.56 Å². The molecule has 4 heteroatoms. The highest BCUT2D eigenvalue weighted by atomic mass is 35.5. The predicted octanol–water partition coefficient (Wildman–Crippen LogP) is 4.63. The van der Waals surface area contributed by atoms with Crippen molar-refractivity contribution in [1.82, 2.24) is 0 Å². The summed E-state index contributed by atoms with van der Waals surface area (Å²) < 4.78 is 19.5. The Labute approximate surface area is 116 Å². The molecular formula is C15H14ClFO2. The molecule has 0 fully saturated rings. The molecule has 0 spiro atoms. The first kappa shape index (κ1) is 13.8. The van der Waals surface area contributed by atoms with Crippen LogP contribution in [-0.2, 0) is 0 Å². The minimum absolute atomic E-state index is 0.0304. The molecule has 19 heavy (non-hydrogen) atoms. The van der Waals surface area contributed by atoms with Crippen LogP contribution in [0, 0.1) is 12.7 Å². The average molecular weight is 281 g/mol. The zero-order chi connectivity index (χ0) is 14.0. The monoisotopic (exact) mass is 280 g/mol. The van der Waals surface area contributed by atoms with Crippen molar-refractivity contribution in [2.45, 2.75) is 20.0 Å². The van der Waals surface area contributed by atoms with E-state index in [1.807, 2.05) is 6.92 Å². The van der Waals surface area contributed by atoms with E-state index in [2.05, 4.69) is 0 Å². The van der Waals surface area contributed by atoms with Gasteiger partial charge in [0.1, 0.15) is 5.75 Å². The molecule has 0 radical (unpaired) electrons. The van der Waals surface area contributed by atoms with E-state index < -0.39 is 11.9 Å². The summed E-state index contributed by atoms with van der Waals surface area (Å²) in [7, 11) is 0. The number of rotatable bonds is 3. The number of hydrogen-bond donors (Lipinski definition) is 1. The molecule has 2 rings (SSSR count). The summed E-state index contributed by atoms with van der Waals surface area (Å²) in [6, 6.07) is 9.61. The quantitative estimate of drug-likeness (QED) is 0.888. The SMILES string of the molecule is Cc1ccc(Cl)cc1Oc1c(F)cccc1[C@H](C)O. The van der Waals surface area contributed by atoms with Crippen LogP contribution in [0.1, 0.15) is 24.2 Å². The molecule has 2 nitrogen and oxygen atoms in total. The Morgan fingerprint density at radius 3 is 2.68 bits per heavy atom. The Morgan fingerprint density at radius 2 is 2.00 bits per heavy atom. The van der Waals surface area contributed by atoms with Gasteiger partial charge in [-0.2, -0.15) is 0 Å². The summed E-state index contributed by atoms with van der Waals surface area (Å²) in [6.07, 6.45) is -0.815. The lowest BCUT2D eigenvalue weighted by Crippen LogP contribution is -1.99. The van der Waals surface area contributed by atoms with Crippen molar-refractivity contribution in [3.8, 4) is 11.5 Å². The third kappa shape index (κ3) is 3.06. The van der Waals surface area contributed by atoms with E-state index in [0.29, 0.717) is 16.3 Å². The molecule has 2 aromatic carbocycles. The fourth-order valence-electron chi connectivity index (χ4n) is 1.76. The lowest BCUT2D eigenvalue weighted by molar-refractivity contribution is 0.194. The zero-order valence-corrected chi connectivity index (χ0v) is 11.4. The van der Waals surface area contributed by atoms with Gasteiger partial charge in [-0.15, -0.1) is 0 Å². The molecule has 2 aromatic rings. The van der Waals surface area contributed by atoms with Crippen molar-refractivity contribution < 1.29 is 14.2 Å². The maximum atomic E-state index is 13.9. The van der Waals surface area contributed by atoms with Gasteiger partial charge in [0.2, 0.25) is 0 Å². The molecule has 0 unspecified atom stereocenters. The van der Waals surface area contributed by atoms with Crippen molar-refractivity contribution in [2.75, 3.05) is 0 Å². The number of halogens is 2.